The molecule has 4 aromatic rings. The molecule has 1 fully saturated rings. The molecule has 178 valence electrons. The predicted octanol–water partition coefficient (Wildman–Crippen LogP) is 3.40. The van der Waals surface area contributed by atoms with Crippen LogP contribution in [-0.4, -0.2) is 46.0 Å². The molecule has 35 heavy (non-hydrogen) atoms. The van der Waals surface area contributed by atoms with Crippen LogP contribution in [0.5, 0.6) is 0 Å². The van der Waals surface area contributed by atoms with Gasteiger partial charge >= 0.3 is 0 Å². The number of aromatic nitrogens is 3. The van der Waals surface area contributed by atoms with Gasteiger partial charge in [0.15, 0.2) is 0 Å². The van der Waals surface area contributed by atoms with E-state index in [9.17, 15) is 13.2 Å². The van der Waals surface area contributed by atoms with Crippen LogP contribution in [0.3, 0.4) is 0 Å². The van der Waals surface area contributed by atoms with Crippen molar-refractivity contribution in [1.29, 1.82) is 0 Å². The van der Waals surface area contributed by atoms with Crippen LogP contribution in [0.4, 0.5) is 0 Å². The van der Waals surface area contributed by atoms with Crippen LogP contribution in [0.1, 0.15) is 18.4 Å². The minimum Gasteiger partial charge on any atom is -0.350 e. The third-order valence-electron chi connectivity index (χ3n) is 6.07. The molecule has 0 radical (unpaired) electrons. The van der Waals surface area contributed by atoms with Crippen molar-refractivity contribution in [2.24, 2.45) is 0 Å². The first-order chi connectivity index (χ1) is 17.0. The number of amides is 1. The van der Waals surface area contributed by atoms with Gasteiger partial charge in [0.05, 0.1) is 16.3 Å². The van der Waals surface area contributed by atoms with Gasteiger partial charge in [-0.25, -0.2) is 13.1 Å². The minimum atomic E-state index is -3.75. The molecule has 0 aliphatic carbocycles. The number of nitrogens with zero attached hydrogens (tertiary/aromatic N) is 4. The molecule has 1 saturated heterocycles. The molecule has 0 bridgehead atoms. The first-order valence-electron chi connectivity index (χ1n) is 11.4. The quantitative estimate of drug-likeness (QED) is 0.431. The van der Waals surface area contributed by atoms with Crippen molar-refractivity contribution < 1.29 is 13.2 Å². The van der Waals surface area contributed by atoms with Crippen molar-refractivity contribution >= 4 is 15.9 Å². The lowest BCUT2D eigenvalue weighted by atomic mass is 10.1. The second kappa shape index (κ2) is 9.81. The number of nitrogens with one attached hydrogen (secondary N) is 1. The molecule has 1 unspecified atom stereocenters. The van der Waals surface area contributed by atoms with Gasteiger partial charge in [0, 0.05) is 42.8 Å². The maximum Gasteiger partial charge on any atom is 0.243 e. The van der Waals surface area contributed by atoms with Crippen molar-refractivity contribution in [3.63, 3.8) is 0 Å². The number of hydrogen-bond acceptors (Lipinski definition) is 5. The number of carbonyl (C=O) groups excluding carboxylic acids is 1. The van der Waals surface area contributed by atoms with E-state index >= 15 is 0 Å². The zero-order valence-corrected chi connectivity index (χ0v) is 19.8. The number of para-hydroxylation sites is 1. The molecule has 5 rings (SSSR count). The molecule has 1 N–H and O–H groups in total. The van der Waals surface area contributed by atoms with Crippen LogP contribution < -0.4 is 5.32 Å². The maximum atomic E-state index is 13.2. The highest BCUT2D eigenvalue weighted by Gasteiger charge is 2.39. The van der Waals surface area contributed by atoms with E-state index < -0.39 is 16.1 Å². The Hall–Kier alpha value is -3.82. The van der Waals surface area contributed by atoms with Crippen molar-refractivity contribution in [1.82, 2.24) is 24.4 Å². The maximum absolute atomic E-state index is 13.2. The van der Waals surface area contributed by atoms with Crippen LogP contribution in [0.25, 0.3) is 16.9 Å². The van der Waals surface area contributed by atoms with Crippen LogP contribution in [-0.2, 0) is 21.4 Å². The van der Waals surface area contributed by atoms with Gasteiger partial charge in [0.2, 0.25) is 15.9 Å². The van der Waals surface area contributed by atoms with Crippen molar-refractivity contribution in [2.75, 3.05) is 6.54 Å². The van der Waals surface area contributed by atoms with Gasteiger partial charge in [-0.3, -0.25) is 9.78 Å². The first kappa shape index (κ1) is 22.9. The van der Waals surface area contributed by atoms with Gasteiger partial charge in [-0.2, -0.15) is 9.40 Å². The van der Waals surface area contributed by atoms with E-state index in [1.165, 1.54) is 4.31 Å². The molecule has 9 heteroatoms. The summed E-state index contributed by atoms with van der Waals surface area (Å²) < 4.78 is 29.4. The average molecular weight is 488 g/mol. The number of hydrogen-bond donors (Lipinski definition) is 1. The Morgan fingerprint density at radius 3 is 2.37 bits per heavy atom. The molecule has 1 atom stereocenters. The van der Waals surface area contributed by atoms with Gasteiger partial charge in [0.1, 0.15) is 6.04 Å². The van der Waals surface area contributed by atoms with E-state index in [2.05, 4.69) is 10.3 Å². The molecule has 3 heterocycles. The topological polar surface area (TPSA) is 97.2 Å². The van der Waals surface area contributed by atoms with Gasteiger partial charge < -0.3 is 5.32 Å². The summed E-state index contributed by atoms with van der Waals surface area (Å²) in [6.07, 6.45) is 6.41. The van der Waals surface area contributed by atoms with Crippen LogP contribution in [0.15, 0.2) is 96.3 Å². The van der Waals surface area contributed by atoms with E-state index in [-0.39, 0.29) is 17.3 Å². The fourth-order valence-electron chi connectivity index (χ4n) is 4.32. The van der Waals surface area contributed by atoms with Gasteiger partial charge in [-0.05, 0) is 49.2 Å². The second-order valence-electron chi connectivity index (χ2n) is 8.32. The Balaban J connectivity index is 1.38. The number of pyridine rings is 1. The summed E-state index contributed by atoms with van der Waals surface area (Å²) in [7, 11) is -3.75. The molecular weight excluding hydrogens is 462 g/mol. The van der Waals surface area contributed by atoms with E-state index in [0.29, 0.717) is 19.4 Å². The van der Waals surface area contributed by atoms with E-state index in [0.717, 1.165) is 22.5 Å². The zero-order chi connectivity index (χ0) is 24.3. The lowest BCUT2D eigenvalue weighted by molar-refractivity contribution is -0.124. The smallest absolute Gasteiger partial charge is 0.243 e. The fourth-order valence-corrected chi connectivity index (χ4v) is 6.00. The van der Waals surface area contributed by atoms with Crippen LogP contribution in [0.2, 0.25) is 0 Å². The summed E-state index contributed by atoms with van der Waals surface area (Å²) in [6, 6.07) is 21.0. The van der Waals surface area contributed by atoms with E-state index in [4.69, 9.17) is 5.10 Å². The van der Waals surface area contributed by atoms with Gasteiger partial charge in [-0.1, -0.05) is 36.4 Å². The molecule has 2 aromatic carbocycles. The highest BCUT2D eigenvalue weighted by Crippen LogP contribution is 2.27. The van der Waals surface area contributed by atoms with E-state index in [1.807, 2.05) is 48.7 Å². The Morgan fingerprint density at radius 2 is 1.66 bits per heavy atom. The Bertz CT molecular complexity index is 1410. The SMILES string of the molecule is O=C(NCc1cn(-c2ccccc2)nc1-c1ccncc1)C1CCCN1S(=O)(=O)c1ccccc1. The summed E-state index contributed by atoms with van der Waals surface area (Å²) in [5.41, 5.74) is 3.34. The number of rotatable bonds is 7. The Kier molecular flexibility index (Phi) is 6.43. The van der Waals surface area contributed by atoms with Gasteiger partial charge in [0.25, 0.3) is 0 Å². The molecule has 1 amide bonds. The van der Waals surface area contributed by atoms with Crippen LogP contribution >= 0.6 is 0 Å². The standard InChI is InChI=1S/C26H25N5O3S/c32-26(24-12-7-17-31(24)35(33,34)23-10-5-2-6-11-23)28-18-21-19-30(22-8-3-1-4-9-22)29-25(21)20-13-15-27-16-14-20/h1-6,8-11,13-16,19,24H,7,12,17-18H2,(H,28,32). The monoisotopic (exact) mass is 487 g/mol. The number of sulfonamides is 1. The molecule has 1 aliphatic rings. The Morgan fingerprint density at radius 1 is 0.971 bits per heavy atom. The minimum absolute atomic E-state index is 0.198. The highest BCUT2D eigenvalue weighted by atomic mass is 32.2. The molecular formula is C26H25N5O3S. The molecule has 8 nitrogen and oxygen atoms in total. The Labute approximate surface area is 204 Å². The fraction of sp³-hybridized carbons (Fsp3) is 0.192. The molecule has 0 saturated carbocycles. The normalized spacial score (nSPS) is 16.3. The summed E-state index contributed by atoms with van der Waals surface area (Å²) in [5.74, 6) is -0.310. The van der Waals surface area contributed by atoms with E-state index in [1.54, 1.807) is 47.4 Å². The largest absolute Gasteiger partial charge is 0.350 e. The predicted molar refractivity (Wildman–Crippen MR) is 132 cm³/mol. The average Bonchev–Trinajstić information content (AvgIpc) is 3.57. The van der Waals surface area contributed by atoms with Gasteiger partial charge in [-0.15, -0.1) is 0 Å². The third-order valence-corrected chi connectivity index (χ3v) is 8.00. The molecule has 2 aromatic heterocycles. The van der Waals surface area contributed by atoms with Crippen molar-refractivity contribution in [2.45, 2.75) is 30.3 Å². The lowest BCUT2D eigenvalue weighted by Crippen LogP contribution is -2.45. The lowest BCUT2D eigenvalue weighted by Gasteiger charge is -2.23. The molecule has 0 spiro atoms. The summed E-state index contributed by atoms with van der Waals surface area (Å²) in [5, 5.41) is 7.71. The first-order valence-corrected chi connectivity index (χ1v) is 12.9. The molecule has 1 aliphatic heterocycles. The highest BCUT2D eigenvalue weighted by molar-refractivity contribution is 7.89. The summed E-state index contributed by atoms with van der Waals surface area (Å²) in [4.78, 5) is 17.5. The van der Waals surface area contributed by atoms with Crippen molar-refractivity contribution in [3.8, 4) is 16.9 Å². The third kappa shape index (κ3) is 4.73. The zero-order valence-electron chi connectivity index (χ0n) is 19.0. The van der Waals surface area contributed by atoms with Crippen molar-refractivity contribution in [3.05, 3.63) is 97.0 Å². The number of carbonyl (C=O) groups is 1. The second-order valence-corrected chi connectivity index (χ2v) is 10.2. The number of benzene rings is 2. The van der Waals surface area contributed by atoms with Crippen LogP contribution in [0, 0.1) is 0 Å². The summed E-state index contributed by atoms with van der Waals surface area (Å²) >= 11 is 0. The summed E-state index contributed by atoms with van der Waals surface area (Å²) in [6.45, 7) is 0.544.